The van der Waals surface area contributed by atoms with E-state index < -0.39 is 0 Å². The molecule has 5 aliphatic rings. The summed E-state index contributed by atoms with van der Waals surface area (Å²) in [5, 5.41) is 1.53. The normalized spacial score (nSPS) is 15.7. The molecule has 0 saturated heterocycles. The third kappa shape index (κ3) is 6.87. The molecule has 0 aliphatic carbocycles. The molecule has 282 valence electrons. The average molecular weight is 1660 g/mol. The van der Waals surface area contributed by atoms with E-state index >= 15 is 0 Å². The maximum atomic E-state index is 6.85. The first-order chi connectivity index (χ1) is 26.4. The molecule has 8 bridgehead atoms. The molecule has 0 spiro atoms. The van der Waals surface area contributed by atoms with Crippen LogP contribution in [0.4, 0.5) is 0 Å². The van der Waals surface area contributed by atoms with Crippen LogP contribution in [0.5, 0.6) is 0 Å². The minimum absolute atomic E-state index is 0. The Balaban J connectivity index is 0.00000455. The molecule has 0 N–H and O–H groups in total. The van der Waals surface area contributed by atoms with E-state index in [1.807, 2.05) is 0 Å². The van der Waals surface area contributed by atoms with Gasteiger partial charge in [0.15, 0.2) is 46.7 Å². The first kappa shape index (κ1) is 45.4. The molecule has 25 heteroatoms. The number of hydrogen-bond acceptors (Lipinski definition) is 8. The van der Waals surface area contributed by atoms with E-state index in [1.54, 1.807) is 0 Å². The second kappa shape index (κ2) is 16.6. The van der Waals surface area contributed by atoms with Crippen LogP contribution in [0.25, 0.3) is 0 Å². The fraction of sp³-hybridized carbons (Fsp3) is 0. The van der Waals surface area contributed by atoms with E-state index in [-0.39, 0.29) is 66.2 Å². The van der Waals surface area contributed by atoms with Crippen molar-refractivity contribution in [2.24, 2.45) is 39.9 Å². The molecule has 0 aromatic heterocycles. The largest absolute Gasteiger partial charge is 0.208 e. The van der Waals surface area contributed by atoms with Crippen LogP contribution in [-0.2, 0) is 19.5 Å². The third-order valence-corrected chi connectivity index (χ3v) is 23.5. The van der Waals surface area contributed by atoms with Crippen LogP contribution >= 0.6 is 238 Å². The summed E-state index contributed by atoms with van der Waals surface area (Å²) < 4.78 is 6.70. The molecular formula is C32Br12Cl4N8Zn. The van der Waals surface area contributed by atoms with Crippen LogP contribution < -0.4 is 0 Å². The Bertz CT molecular complexity index is 2580. The Kier molecular flexibility index (Phi) is 13.2. The zero-order valence-electron chi connectivity index (χ0n) is 26.3. The fourth-order valence-corrected chi connectivity index (χ4v) is 14.6. The second-order valence-electron chi connectivity index (χ2n) is 11.5. The van der Waals surface area contributed by atoms with Crippen molar-refractivity contribution in [3.05, 3.63) is 118 Å². The predicted octanol–water partition coefficient (Wildman–Crippen LogP) is 16.6. The van der Waals surface area contributed by atoms with Gasteiger partial charge in [0.1, 0.15) is 0 Å². The second-order valence-corrected chi connectivity index (χ2v) is 22.5. The standard InChI is InChI=1S/C32Br12Cl4N8.Zn/c33-9-1-5(13(37)21(45)17(9)41)29-49-25(1)53-30-6-2(10(34)18(42)22(46)14(6)38)27(50-30)55-32-8-4(12(36)20(44)24(48)16(8)40)28(52-32)56-31-7-3(26(51-31)54-29)11(35)19(43)23(47)15(7)39;. The van der Waals surface area contributed by atoms with Crippen LogP contribution in [0.2, 0.25) is 20.1 Å². The number of nitrogens with zero attached hydrogens (tertiary/aromatic N) is 8. The first-order valence-corrected chi connectivity index (χ1v) is 25.6. The number of amidine groups is 8. The van der Waals surface area contributed by atoms with Crippen LogP contribution in [-0.4, -0.2) is 46.7 Å². The average Bonchev–Trinajstić information content (AvgIpc) is 3.92. The van der Waals surface area contributed by atoms with Gasteiger partial charge in [-0.2, -0.15) is 0 Å². The van der Waals surface area contributed by atoms with Crippen molar-refractivity contribution in [2.45, 2.75) is 0 Å². The zero-order valence-corrected chi connectivity index (χ0v) is 51.4. The minimum Gasteiger partial charge on any atom is -0.208 e. The van der Waals surface area contributed by atoms with Gasteiger partial charge >= 0.3 is 0 Å². The SMILES string of the molecule is Clc1c(Br)c(Br)c2c(c1Br)C1=NC3=NC(=NC4=NC(=NC5=NC(=NC2=N1)c1c(Br)c(Cl)c(Br)c(Br)c15)c1c(Br)c(Cl)c(Br)c(Br)c14)c1c(Br)c(Cl)c(Br)c(Br)c13.[Zn]. The van der Waals surface area contributed by atoms with Crippen molar-refractivity contribution in [3.8, 4) is 0 Å². The van der Waals surface area contributed by atoms with Gasteiger partial charge in [-0.25, -0.2) is 39.9 Å². The van der Waals surface area contributed by atoms with Gasteiger partial charge in [0.25, 0.3) is 0 Å². The topological polar surface area (TPSA) is 98.9 Å². The fourth-order valence-electron chi connectivity index (χ4n) is 6.10. The molecule has 5 aliphatic heterocycles. The number of fused-ring (bicyclic) bond motifs is 16. The van der Waals surface area contributed by atoms with E-state index in [1.165, 1.54) is 0 Å². The summed E-state index contributed by atoms with van der Waals surface area (Å²) in [6.07, 6.45) is 0. The van der Waals surface area contributed by atoms with Gasteiger partial charge in [-0.1, -0.05) is 46.4 Å². The molecule has 0 amide bonds. The molecule has 8 nitrogen and oxygen atoms in total. The van der Waals surface area contributed by atoms with Crippen molar-refractivity contribution >= 4 is 284 Å². The van der Waals surface area contributed by atoms with Crippen molar-refractivity contribution in [2.75, 3.05) is 0 Å². The molecule has 9 rings (SSSR count). The van der Waals surface area contributed by atoms with Gasteiger partial charge in [0.2, 0.25) is 0 Å². The summed E-state index contributed by atoms with van der Waals surface area (Å²) >= 11 is 71.7. The molecular weight excluding hydrogens is 1660 g/mol. The summed E-state index contributed by atoms with van der Waals surface area (Å²) in [6, 6.07) is 0. The van der Waals surface area contributed by atoms with Gasteiger partial charge in [-0.15, -0.1) is 0 Å². The summed E-state index contributed by atoms with van der Waals surface area (Å²) in [6.45, 7) is 0. The number of aliphatic imine (C=N–C) groups is 8. The Morgan fingerprint density at radius 1 is 0.211 bits per heavy atom. The Morgan fingerprint density at radius 3 is 0.474 bits per heavy atom. The molecule has 4 aromatic rings. The number of hydrogen-bond donors (Lipinski definition) is 0. The minimum atomic E-state index is 0. The van der Waals surface area contributed by atoms with Crippen molar-refractivity contribution in [3.63, 3.8) is 0 Å². The van der Waals surface area contributed by atoms with Crippen LogP contribution in [0.1, 0.15) is 44.5 Å². The number of benzene rings is 4. The summed E-state index contributed by atoms with van der Waals surface area (Å²) in [5.74, 6) is 2.04. The van der Waals surface area contributed by atoms with Crippen molar-refractivity contribution < 1.29 is 19.5 Å². The van der Waals surface area contributed by atoms with Crippen molar-refractivity contribution in [1.82, 2.24) is 0 Å². The van der Waals surface area contributed by atoms with Crippen molar-refractivity contribution in [1.29, 1.82) is 0 Å². The maximum absolute atomic E-state index is 6.85. The third-order valence-electron chi connectivity index (χ3n) is 8.55. The molecule has 0 saturated carbocycles. The van der Waals surface area contributed by atoms with Gasteiger partial charge in [0.05, 0.1) is 38.0 Å². The summed E-state index contributed by atoms with van der Waals surface area (Å²) in [4.78, 5) is 40.3. The summed E-state index contributed by atoms with van der Waals surface area (Å²) in [7, 11) is 0. The van der Waals surface area contributed by atoms with E-state index in [0.29, 0.717) is 118 Å². The molecule has 57 heavy (non-hydrogen) atoms. The molecule has 0 unspecified atom stereocenters. The first-order valence-electron chi connectivity index (χ1n) is 14.6. The molecule has 4 aromatic carbocycles. The van der Waals surface area contributed by atoms with Gasteiger partial charge in [-0.3, -0.25) is 0 Å². The Labute approximate surface area is 454 Å². The molecule has 0 fully saturated rings. The van der Waals surface area contributed by atoms with E-state index in [4.69, 9.17) is 86.3 Å². The van der Waals surface area contributed by atoms with Gasteiger partial charge in [0, 0.05) is 99.8 Å². The number of rotatable bonds is 0. The van der Waals surface area contributed by atoms with E-state index in [9.17, 15) is 0 Å². The number of halogens is 16. The van der Waals surface area contributed by atoms with Gasteiger partial charge in [-0.05, 0) is 191 Å². The van der Waals surface area contributed by atoms with Gasteiger partial charge < -0.3 is 0 Å². The Hall–Kier alpha value is 1.78. The monoisotopic (exact) mass is 1650 g/mol. The molecule has 0 atom stereocenters. The van der Waals surface area contributed by atoms with E-state index in [2.05, 4.69) is 191 Å². The van der Waals surface area contributed by atoms with Crippen LogP contribution in [0, 0.1) is 0 Å². The van der Waals surface area contributed by atoms with Crippen LogP contribution in [0.15, 0.2) is 93.6 Å². The molecule has 0 radical (unpaired) electrons. The Morgan fingerprint density at radius 2 is 0.333 bits per heavy atom. The smallest absolute Gasteiger partial charge is 0.166 e. The molecule has 5 heterocycles. The predicted molar refractivity (Wildman–Crippen MR) is 271 cm³/mol. The van der Waals surface area contributed by atoms with E-state index in [0.717, 1.165) is 0 Å². The quantitative estimate of drug-likeness (QED) is 0.0952. The van der Waals surface area contributed by atoms with Crippen LogP contribution in [0.3, 0.4) is 0 Å². The zero-order chi connectivity index (χ0) is 40.1. The summed E-state index contributed by atoms with van der Waals surface area (Å²) in [5.41, 5.74) is 4.53. The maximum Gasteiger partial charge on any atom is 0.166 e.